The minimum absolute atomic E-state index is 0.211. The van der Waals surface area contributed by atoms with Crippen LogP contribution in [-0.4, -0.2) is 16.3 Å². The Bertz CT molecular complexity index is 447. The molecule has 3 nitrogen and oxygen atoms in total. The summed E-state index contributed by atoms with van der Waals surface area (Å²) in [6.07, 6.45) is 5.10. The minimum atomic E-state index is -0.569. The first-order valence-corrected chi connectivity index (χ1v) is 8.78. The molecule has 0 aliphatic heterocycles. The molecule has 2 rings (SSSR count). The zero-order valence-corrected chi connectivity index (χ0v) is 15.0. The highest BCUT2D eigenvalue weighted by Crippen LogP contribution is 2.36. The van der Waals surface area contributed by atoms with Gasteiger partial charge in [-0.1, -0.05) is 19.3 Å². The number of rotatable bonds is 3. The van der Waals surface area contributed by atoms with E-state index in [1.165, 1.54) is 19.3 Å². The van der Waals surface area contributed by atoms with Crippen LogP contribution in [0.5, 0.6) is 5.75 Å². The van der Waals surface area contributed by atoms with Crippen LogP contribution >= 0.6 is 45.2 Å². The van der Waals surface area contributed by atoms with Crippen molar-refractivity contribution in [1.82, 2.24) is 0 Å². The van der Waals surface area contributed by atoms with Crippen molar-refractivity contribution in [3.63, 3.8) is 0 Å². The molecule has 0 heterocycles. The summed E-state index contributed by atoms with van der Waals surface area (Å²) in [5.41, 5.74) is 6.85. The van der Waals surface area contributed by atoms with E-state index in [4.69, 9.17) is 5.73 Å². The summed E-state index contributed by atoms with van der Waals surface area (Å²) in [7, 11) is 0. The van der Waals surface area contributed by atoms with E-state index in [9.17, 15) is 10.2 Å². The van der Waals surface area contributed by atoms with Gasteiger partial charge < -0.3 is 15.9 Å². The average Bonchev–Trinajstić information content (AvgIpc) is 2.42. The van der Waals surface area contributed by atoms with Crippen LogP contribution in [0, 0.1) is 13.1 Å². The summed E-state index contributed by atoms with van der Waals surface area (Å²) in [5.74, 6) is 0.474. The van der Waals surface area contributed by atoms with Gasteiger partial charge in [-0.2, -0.15) is 0 Å². The molecular formula is C14H19I2NO2. The molecule has 0 aromatic heterocycles. The van der Waals surface area contributed by atoms with Gasteiger partial charge in [-0.15, -0.1) is 0 Å². The number of nitrogens with two attached hydrogens (primary N) is 1. The molecule has 1 saturated carbocycles. The molecule has 1 aliphatic rings. The number of phenols is 1. The summed E-state index contributed by atoms with van der Waals surface area (Å²) in [5, 5.41) is 20.6. The number of hydrogen-bond acceptors (Lipinski definition) is 3. The molecule has 0 bridgehead atoms. The van der Waals surface area contributed by atoms with Gasteiger partial charge in [-0.05, 0) is 76.1 Å². The van der Waals surface area contributed by atoms with E-state index in [0.29, 0.717) is 5.56 Å². The van der Waals surface area contributed by atoms with Crippen molar-refractivity contribution < 1.29 is 10.2 Å². The molecule has 0 spiro atoms. The first-order valence-electron chi connectivity index (χ1n) is 6.62. The largest absolute Gasteiger partial charge is 0.506 e. The molecule has 19 heavy (non-hydrogen) atoms. The van der Waals surface area contributed by atoms with Crippen molar-refractivity contribution in [2.24, 2.45) is 11.7 Å². The van der Waals surface area contributed by atoms with Gasteiger partial charge >= 0.3 is 0 Å². The van der Waals surface area contributed by atoms with Crippen LogP contribution in [0.1, 0.15) is 43.7 Å². The van der Waals surface area contributed by atoms with E-state index in [2.05, 4.69) is 45.2 Å². The zero-order valence-electron chi connectivity index (χ0n) is 10.6. The van der Waals surface area contributed by atoms with Crippen LogP contribution in [0.15, 0.2) is 12.1 Å². The smallest absolute Gasteiger partial charge is 0.133 e. The van der Waals surface area contributed by atoms with E-state index >= 15 is 0 Å². The zero-order chi connectivity index (χ0) is 14.0. The van der Waals surface area contributed by atoms with Gasteiger partial charge in [0.25, 0.3) is 0 Å². The number of benzene rings is 1. The lowest BCUT2D eigenvalue weighted by Crippen LogP contribution is -2.34. The number of phenolic OH excluding ortho intramolecular Hbond substituents is 1. The fraction of sp³-hybridized carbons (Fsp3) is 0.571. The SMILES string of the molecule is N[C@@H](c1cc(I)cc(I)c1O)[C@H](O)C1CCCCC1. The summed E-state index contributed by atoms with van der Waals surface area (Å²) >= 11 is 4.30. The van der Waals surface area contributed by atoms with E-state index in [-0.39, 0.29) is 11.7 Å². The molecule has 1 aromatic carbocycles. The lowest BCUT2D eigenvalue weighted by molar-refractivity contribution is 0.0610. The predicted octanol–water partition coefficient (Wildman–Crippen LogP) is 3.54. The first kappa shape index (κ1) is 15.8. The Balaban J connectivity index is 2.20. The van der Waals surface area contributed by atoms with Crippen molar-refractivity contribution in [1.29, 1.82) is 0 Å². The number of aromatic hydroxyl groups is 1. The van der Waals surface area contributed by atoms with Crippen LogP contribution in [0.3, 0.4) is 0 Å². The fourth-order valence-corrected chi connectivity index (χ4v) is 4.68. The van der Waals surface area contributed by atoms with Crippen LogP contribution < -0.4 is 5.73 Å². The highest BCUT2D eigenvalue weighted by atomic mass is 127. The number of hydrogen-bond donors (Lipinski definition) is 3. The quantitative estimate of drug-likeness (QED) is 0.572. The molecule has 0 amide bonds. The Kier molecular flexibility index (Phi) is 5.74. The number of aliphatic hydroxyl groups is 1. The fourth-order valence-electron chi connectivity index (χ4n) is 2.79. The monoisotopic (exact) mass is 487 g/mol. The summed E-state index contributed by atoms with van der Waals surface area (Å²) in [6, 6.07) is 3.26. The van der Waals surface area contributed by atoms with Crippen LogP contribution in [-0.2, 0) is 0 Å². The maximum Gasteiger partial charge on any atom is 0.133 e. The maximum atomic E-state index is 10.5. The van der Waals surface area contributed by atoms with Gasteiger partial charge in [0, 0.05) is 9.13 Å². The molecule has 0 saturated heterocycles. The highest BCUT2D eigenvalue weighted by Gasteiger charge is 2.29. The Morgan fingerprint density at radius 2 is 1.79 bits per heavy atom. The maximum absolute atomic E-state index is 10.5. The average molecular weight is 487 g/mol. The summed E-state index contributed by atoms with van der Waals surface area (Å²) in [4.78, 5) is 0. The molecule has 2 atom stereocenters. The molecule has 106 valence electrons. The molecular weight excluding hydrogens is 468 g/mol. The molecule has 5 heteroatoms. The van der Waals surface area contributed by atoms with Crippen molar-refractivity contribution in [3.8, 4) is 5.75 Å². The lowest BCUT2D eigenvalue weighted by atomic mass is 9.81. The predicted molar refractivity (Wildman–Crippen MR) is 93.1 cm³/mol. The number of halogens is 2. The van der Waals surface area contributed by atoms with Gasteiger partial charge in [0.05, 0.1) is 15.7 Å². The van der Waals surface area contributed by atoms with E-state index in [1.54, 1.807) is 0 Å². The summed E-state index contributed by atoms with van der Waals surface area (Å²) < 4.78 is 1.81. The minimum Gasteiger partial charge on any atom is -0.506 e. The first-order chi connectivity index (χ1) is 9.00. The highest BCUT2D eigenvalue weighted by molar-refractivity contribution is 14.1. The van der Waals surface area contributed by atoms with Gasteiger partial charge in [0.15, 0.2) is 0 Å². The lowest BCUT2D eigenvalue weighted by Gasteiger charge is -2.31. The van der Waals surface area contributed by atoms with Gasteiger partial charge in [-0.3, -0.25) is 0 Å². The van der Waals surface area contributed by atoms with Gasteiger partial charge in [0.1, 0.15) is 5.75 Å². The van der Waals surface area contributed by atoms with Gasteiger partial charge in [-0.25, -0.2) is 0 Å². The Hall–Kier alpha value is 0.400. The number of aliphatic hydroxyl groups excluding tert-OH is 1. The van der Waals surface area contributed by atoms with Crippen molar-refractivity contribution in [2.45, 2.75) is 44.2 Å². The molecule has 1 aromatic rings. The van der Waals surface area contributed by atoms with Crippen LogP contribution in [0.2, 0.25) is 0 Å². The van der Waals surface area contributed by atoms with Crippen LogP contribution in [0.25, 0.3) is 0 Å². The van der Waals surface area contributed by atoms with E-state index < -0.39 is 12.1 Å². The van der Waals surface area contributed by atoms with Crippen LogP contribution in [0.4, 0.5) is 0 Å². The Morgan fingerprint density at radius 3 is 2.42 bits per heavy atom. The summed E-state index contributed by atoms with van der Waals surface area (Å²) in [6.45, 7) is 0. The molecule has 1 fully saturated rings. The molecule has 0 unspecified atom stereocenters. The molecule has 4 N–H and O–H groups in total. The van der Waals surface area contributed by atoms with E-state index in [0.717, 1.165) is 20.0 Å². The second kappa shape index (κ2) is 6.91. The Labute approximate surface area is 141 Å². The molecule has 0 radical (unpaired) electrons. The van der Waals surface area contributed by atoms with Crippen molar-refractivity contribution in [3.05, 3.63) is 24.8 Å². The van der Waals surface area contributed by atoms with E-state index in [1.807, 2.05) is 12.1 Å². The second-order valence-electron chi connectivity index (χ2n) is 5.24. The van der Waals surface area contributed by atoms with Crippen molar-refractivity contribution in [2.75, 3.05) is 0 Å². The second-order valence-corrected chi connectivity index (χ2v) is 7.65. The Morgan fingerprint density at radius 1 is 1.16 bits per heavy atom. The van der Waals surface area contributed by atoms with Crippen molar-refractivity contribution >= 4 is 45.2 Å². The third-order valence-electron chi connectivity index (χ3n) is 3.92. The standard InChI is InChI=1S/C14H19I2NO2/c15-9-6-10(14(19)11(16)7-9)12(17)13(18)8-4-2-1-3-5-8/h6-8,12-13,18-19H,1-5,17H2/t12-,13+/m0/s1. The normalized spacial score (nSPS) is 20.2. The topological polar surface area (TPSA) is 66.5 Å². The third-order valence-corrected chi connectivity index (χ3v) is 5.36. The van der Waals surface area contributed by atoms with Gasteiger partial charge in [0.2, 0.25) is 0 Å². The third kappa shape index (κ3) is 3.74. The molecule has 1 aliphatic carbocycles.